The highest BCUT2D eigenvalue weighted by atomic mass is 32.2. The molecular formula is C8H12N2OS2. The molecule has 0 amide bonds. The maximum Gasteiger partial charge on any atom is 0.323 e. The SMILES string of the molecule is CC1(CC(=O)C=[N+]=[N-])SCCCS1. The van der Waals surface area contributed by atoms with Gasteiger partial charge in [0.2, 0.25) is 5.78 Å². The Kier molecular flexibility index (Phi) is 4.03. The lowest BCUT2D eigenvalue weighted by molar-refractivity contribution is -0.116. The van der Waals surface area contributed by atoms with E-state index in [9.17, 15) is 4.79 Å². The molecule has 1 rings (SSSR count). The molecule has 1 aliphatic rings. The van der Waals surface area contributed by atoms with Crippen molar-refractivity contribution in [2.75, 3.05) is 11.5 Å². The van der Waals surface area contributed by atoms with Gasteiger partial charge in [0.25, 0.3) is 0 Å². The monoisotopic (exact) mass is 216 g/mol. The highest BCUT2D eigenvalue weighted by Gasteiger charge is 2.31. The van der Waals surface area contributed by atoms with Crippen LogP contribution in [0.2, 0.25) is 0 Å². The Morgan fingerprint density at radius 3 is 2.77 bits per heavy atom. The summed E-state index contributed by atoms with van der Waals surface area (Å²) < 4.78 is -0.0173. The van der Waals surface area contributed by atoms with Crippen LogP contribution in [0, 0.1) is 0 Å². The molecule has 0 saturated carbocycles. The van der Waals surface area contributed by atoms with Crippen LogP contribution < -0.4 is 0 Å². The summed E-state index contributed by atoms with van der Waals surface area (Å²) in [4.78, 5) is 13.9. The van der Waals surface area contributed by atoms with Crippen LogP contribution in [0.4, 0.5) is 0 Å². The Morgan fingerprint density at radius 2 is 2.23 bits per heavy atom. The van der Waals surface area contributed by atoms with Crippen LogP contribution in [-0.2, 0) is 4.79 Å². The first-order valence-electron chi connectivity index (χ1n) is 4.14. The largest absolute Gasteiger partial charge is 0.361 e. The lowest BCUT2D eigenvalue weighted by Crippen LogP contribution is -2.25. The maximum atomic E-state index is 11.2. The minimum Gasteiger partial charge on any atom is -0.361 e. The quantitative estimate of drug-likeness (QED) is 0.411. The molecule has 1 saturated heterocycles. The van der Waals surface area contributed by atoms with Crippen molar-refractivity contribution >= 4 is 35.5 Å². The molecule has 0 unspecified atom stereocenters. The van der Waals surface area contributed by atoms with Crippen molar-refractivity contribution in [3.63, 3.8) is 0 Å². The van der Waals surface area contributed by atoms with Crippen LogP contribution in [0.3, 0.4) is 0 Å². The minimum absolute atomic E-state index is 0.0173. The van der Waals surface area contributed by atoms with Crippen molar-refractivity contribution in [1.82, 2.24) is 0 Å². The number of rotatable bonds is 3. The van der Waals surface area contributed by atoms with Gasteiger partial charge in [-0.3, -0.25) is 4.79 Å². The molecule has 0 bridgehead atoms. The zero-order valence-electron chi connectivity index (χ0n) is 7.52. The molecule has 1 heterocycles. The van der Waals surface area contributed by atoms with Crippen molar-refractivity contribution in [3.05, 3.63) is 5.53 Å². The molecule has 72 valence electrons. The molecule has 0 aromatic rings. The number of carbonyl (C=O) groups excluding carboxylic acids is 1. The van der Waals surface area contributed by atoms with E-state index in [1.165, 1.54) is 6.42 Å². The summed E-state index contributed by atoms with van der Waals surface area (Å²) in [6.45, 7) is 2.07. The van der Waals surface area contributed by atoms with Crippen LogP contribution >= 0.6 is 23.5 Å². The fourth-order valence-corrected chi connectivity index (χ4v) is 4.15. The normalized spacial score (nSPS) is 20.4. The van der Waals surface area contributed by atoms with Crippen LogP contribution in [0.15, 0.2) is 0 Å². The van der Waals surface area contributed by atoms with Gasteiger partial charge in [0.1, 0.15) is 0 Å². The molecule has 0 aromatic heterocycles. The predicted molar refractivity (Wildman–Crippen MR) is 57.2 cm³/mol. The van der Waals surface area contributed by atoms with E-state index in [-0.39, 0.29) is 9.86 Å². The Morgan fingerprint density at radius 1 is 1.62 bits per heavy atom. The molecule has 0 spiro atoms. The number of carbonyl (C=O) groups is 1. The summed E-state index contributed by atoms with van der Waals surface area (Å²) >= 11 is 3.64. The molecule has 1 fully saturated rings. The Balaban J connectivity index is 2.49. The van der Waals surface area contributed by atoms with Gasteiger partial charge in [-0.25, -0.2) is 0 Å². The maximum absolute atomic E-state index is 11.2. The third-order valence-electron chi connectivity index (χ3n) is 1.80. The average Bonchev–Trinajstić information content (AvgIpc) is 2.04. The Bertz CT molecular complexity index is 243. The van der Waals surface area contributed by atoms with Crippen LogP contribution in [-0.4, -0.2) is 32.4 Å². The summed E-state index contributed by atoms with van der Waals surface area (Å²) in [5.41, 5.74) is 8.19. The molecular weight excluding hydrogens is 204 g/mol. The standard InChI is InChI=1S/C8H12N2OS2/c1-8(5-7(11)6-10-9)12-3-2-4-13-8/h6H,2-5H2,1H3. The van der Waals surface area contributed by atoms with Crippen molar-refractivity contribution in [3.8, 4) is 0 Å². The van der Waals surface area contributed by atoms with Crippen LogP contribution in [0.25, 0.3) is 5.53 Å². The van der Waals surface area contributed by atoms with Gasteiger partial charge in [-0.2, -0.15) is 4.79 Å². The molecule has 0 aromatic carbocycles. The highest BCUT2D eigenvalue weighted by Crippen LogP contribution is 2.44. The molecule has 1 aliphatic heterocycles. The minimum atomic E-state index is -0.105. The van der Waals surface area contributed by atoms with Gasteiger partial charge in [0, 0.05) is 6.42 Å². The van der Waals surface area contributed by atoms with E-state index in [1.807, 2.05) is 23.5 Å². The summed E-state index contributed by atoms with van der Waals surface area (Å²) in [5.74, 6) is 2.13. The Labute approximate surface area is 86.3 Å². The summed E-state index contributed by atoms with van der Waals surface area (Å²) in [6, 6.07) is 0. The summed E-state index contributed by atoms with van der Waals surface area (Å²) in [6.07, 6.45) is 2.65. The summed E-state index contributed by atoms with van der Waals surface area (Å²) in [5, 5.41) is 0. The average molecular weight is 216 g/mol. The molecule has 13 heavy (non-hydrogen) atoms. The first kappa shape index (κ1) is 10.8. The zero-order chi connectivity index (χ0) is 9.73. The van der Waals surface area contributed by atoms with Gasteiger partial charge in [-0.1, -0.05) is 0 Å². The van der Waals surface area contributed by atoms with E-state index >= 15 is 0 Å². The molecule has 3 nitrogen and oxygen atoms in total. The highest BCUT2D eigenvalue weighted by molar-refractivity contribution is 8.18. The molecule has 0 N–H and O–H groups in total. The number of ketones is 1. The van der Waals surface area contributed by atoms with Crippen LogP contribution in [0.5, 0.6) is 0 Å². The lowest BCUT2D eigenvalue weighted by atomic mass is 10.2. The fraction of sp³-hybridized carbons (Fsp3) is 0.750. The van der Waals surface area contributed by atoms with E-state index in [1.54, 1.807) is 0 Å². The zero-order valence-corrected chi connectivity index (χ0v) is 9.16. The van der Waals surface area contributed by atoms with Gasteiger partial charge >= 0.3 is 6.21 Å². The lowest BCUT2D eigenvalue weighted by Gasteiger charge is -2.30. The van der Waals surface area contributed by atoms with E-state index in [2.05, 4.69) is 11.7 Å². The second-order valence-corrected chi connectivity index (χ2v) is 6.53. The van der Waals surface area contributed by atoms with E-state index in [4.69, 9.17) is 5.53 Å². The van der Waals surface area contributed by atoms with Crippen molar-refractivity contribution in [1.29, 1.82) is 0 Å². The third kappa shape index (κ3) is 3.55. The topological polar surface area (TPSA) is 53.5 Å². The molecule has 0 atom stereocenters. The van der Waals surface area contributed by atoms with Crippen molar-refractivity contribution in [2.45, 2.75) is 23.8 Å². The van der Waals surface area contributed by atoms with Crippen LogP contribution in [0.1, 0.15) is 19.8 Å². The van der Waals surface area contributed by atoms with Crippen molar-refractivity contribution in [2.24, 2.45) is 0 Å². The van der Waals surface area contributed by atoms with Gasteiger partial charge in [-0.15, -0.1) is 23.5 Å². The van der Waals surface area contributed by atoms with Gasteiger partial charge in [0.15, 0.2) is 0 Å². The molecule has 5 heteroatoms. The van der Waals surface area contributed by atoms with E-state index in [0.717, 1.165) is 17.7 Å². The van der Waals surface area contributed by atoms with Gasteiger partial charge < -0.3 is 5.53 Å². The van der Waals surface area contributed by atoms with E-state index < -0.39 is 0 Å². The number of thioether (sulfide) groups is 2. The van der Waals surface area contributed by atoms with E-state index in [0.29, 0.717) is 6.42 Å². The predicted octanol–water partition coefficient (Wildman–Crippen LogP) is 1.83. The fourth-order valence-electron chi connectivity index (χ4n) is 1.21. The number of hydrogen-bond donors (Lipinski definition) is 0. The number of Topliss-reactive ketones (excluding diaryl/α,β-unsaturated/α-hetero) is 1. The number of hydrogen-bond acceptors (Lipinski definition) is 3. The van der Waals surface area contributed by atoms with Gasteiger partial charge in [-0.05, 0) is 24.9 Å². The second kappa shape index (κ2) is 4.84. The first-order valence-corrected chi connectivity index (χ1v) is 6.11. The molecule has 0 radical (unpaired) electrons. The second-order valence-electron chi connectivity index (χ2n) is 3.07. The Hall–Kier alpha value is -0.250. The summed E-state index contributed by atoms with van der Waals surface area (Å²) in [7, 11) is 0. The third-order valence-corrected chi connectivity index (χ3v) is 5.00. The first-order chi connectivity index (χ1) is 6.16. The number of nitrogens with zero attached hydrogens (tertiary/aromatic N) is 2. The van der Waals surface area contributed by atoms with Crippen molar-refractivity contribution < 1.29 is 9.58 Å². The van der Waals surface area contributed by atoms with Gasteiger partial charge in [0.05, 0.1) is 4.08 Å². The smallest absolute Gasteiger partial charge is 0.323 e. The molecule has 0 aliphatic carbocycles.